The SMILES string of the molecule is Cc1nc(CN2CC[C@@H](NC(=O)c3ccc(N)nc3)[C@H](O)C2)cs1. The van der Waals surface area contributed by atoms with Gasteiger partial charge in [-0.25, -0.2) is 9.97 Å². The van der Waals surface area contributed by atoms with E-state index in [1.54, 1.807) is 23.5 Å². The minimum atomic E-state index is -0.607. The van der Waals surface area contributed by atoms with Crippen molar-refractivity contribution in [1.82, 2.24) is 20.2 Å². The number of amides is 1. The Kier molecular flexibility index (Phi) is 5.08. The number of nitrogen functional groups attached to an aromatic ring is 1. The van der Waals surface area contributed by atoms with Crippen molar-refractivity contribution in [3.05, 3.63) is 40.0 Å². The molecule has 1 amide bonds. The molecule has 0 aromatic carbocycles. The number of likely N-dealkylation sites (tertiary alicyclic amines) is 1. The topological polar surface area (TPSA) is 104 Å². The van der Waals surface area contributed by atoms with Crippen LogP contribution in [0.1, 0.15) is 27.5 Å². The lowest BCUT2D eigenvalue weighted by Crippen LogP contribution is -2.53. The first-order valence-corrected chi connectivity index (χ1v) is 8.73. The lowest BCUT2D eigenvalue weighted by Gasteiger charge is -2.35. The quantitative estimate of drug-likeness (QED) is 0.755. The molecule has 2 aromatic heterocycles. The molecule has 24 heavy (non-hydrogen) atoms. The normalized spacial score (nSPS) is 21.6. The fourth-order valence-corrected chi connectivity index (χ4v) is 3.41. The van der Waals surface area contributed by atoms with Crippen LogP contribution in [0.4, 0.5) is 5.82 Å². The summed E-state index contributed by atoms with van der Waals surface area (Å²) in [5, 5.41) is 16.3. The van der Waals surface area contributed by atoms with Gasteiger partial charge in [-0.3, -0.25) is 9.69 Å². The summed E-state index contributed by atoms with van der Waals surface area (Å²) in [7, 11) is 0. The van der Waals surface area contributed by atoms with Crippen LogP contribution in [0.3, 0.4) is 0 Å². The molecule has 1 aliphatic rings. The maximum Gasteiger partial charge on any atom is 0.253 e. The van der Waals surface area contributed by atoms with Gasteiger partial charge in [0.25, 0.3) is 5.91 Å². The fourth-order valence-electron chi connectivity index (χ4n) is 2.81. The van der Waals surface area contributed by atoms with E-state index in [1.165, 1.54) is 6.20 Å². The Balaban J connectivity index is 1.53. The molecule has 0 spiro atoms. The molecule has 2 atom stereocenters. The van der Waals surface area contributed by atoms with Crippen molar-refractivity contribution in [2.45, 2.75) is 32.0 Å². The van der Waals surface area contributed by atoms with Crippen molar-refractivity contribution in [3.63, 3.8) is 0 Å². The molecule has 0 unspecified atom stereocenters. The summed E-state index contributed by atoms with van der Waals surface area (Å²) in [5.74, 6) is 0.132. The molecule has 0 aliphatic carbocycles. The Hall–Kier alpha value is -2.03. The number of hydrogen-bond donors (Lipinski definition) is 3. The predicted octanol–water partition coefficient (Wildman–Crippen LogP) is 0.794. The molecule has 0 saturated carbocycles. The summed E-state index contributed by atoms with van der Waals surface area (Å²) in [4.78, 5) is 22.7. The molecule has 3 rings (SSSR count). The van der Waals surface area contributed by atoms with E-state index in [-0.39, 0.29) is 11.9 Å². The first kappa shape index (κ1) is 16.8. The van der Waals surface area contributed by atoms with Crippen LogP contribution in [0.25, 0.3) is 0 Å². The van der Waals surface area contributed by atoms with Gasteiger partial charge in [0, 0.05) is 31.2 Å². The minimum Gasteiger partial charge on any atom is -0.390 e. The Morgan fingerprint density at radius 3 is 3.00 bits per heavy atom. The van der Waals surface area contributed by atoms with Gasteiger partial charge in [0.15, 0.2) is 0 Å². The maximum absolute atomic E-state index is 12.2. The van der Waals surface area contributed by atoms with Gasteiger partial charge in [-0.2, -0.15) is 0 Å². The molecule has 0 radical (unpaired) electrons. The third kappa shape index (κ3) is 4.08. The van der Waals surface area contributed by atoms with Gasteiger partial charge in [0.05, 0.1) is 28.4 Å². The van der Waals surface area contributed by atoms with E-state index in [2.05, 4.69) is 20.2 Å². The second-order valence-corrected chi connectivity index (χ2v) is 7.06. The largest absolute Gasteiger partial charge is 0.390 e. The molecule has 7 nitrogen and oxygen atoms in total. The smallest absolute Gasteiger partial charge is 0.253 e. The number of carbonyl (C=O) groups is 1. The van der Waals surface area contributed by atoms with E-state index in [0.717, 1.165) is 23.8 Å². The average Bonchev–Trinajstić information content (AvgIpc) is 2.95. The van der Waals surface area contributed by atoms with Gasteiger partial charge in [0.2, 0.25) is 0 Å². The second kappa shape index (κ2) is 7.25. The molecule has 1 aliphatic heterocycles. The molecule has 1 fully saturated rings. The highest BCUT2D eigenvalue weighted by molar-refractivity contribution is 7.09. The van der Waals surface area contributed by atoms with Crippen molar-refractivity contribution in [3.8, 4) is 0 Å². The van der Waals surface area contributed by atoms with Gasteiger partial charge in [-0.1, -0.05) is 0 Å². The number of piperidine rings is 1. The highest BCUT2D eigenvalue weighted by atomic mass is 32.1. The van der Waals surface area contributed by atoms with Crippen LogP contribution in [0.2, 0.25) is 0 Å². The van der Waals surface area contributed by atoms with Gasteiger partial charge in [-0.15, -0.1) is 11.3 Å². The van der Waals surface area contributed by atoms with Crippen LogP contribution in [0.5, 0.6) is 0 Å². The first-order valence-electron chi connectivity index (χ1n) is 7.85. The number of aliphatic hydroxyl groups excluding tert-OH is 1. The summed E-state index contributed by atoms with van der Waals surface area (Å²) >= 11 is 1.63. The Bertz CT molecular complexity index is 703. The molecule has 3 heterocycles. The Morgan fingerprint density at radius 2 is 2.38 bits per heavy atom. The van der Waals surface area contributed by atoms with E-state index in [0.29, 0.717) is 24.3 Å². The number of carbonyl (C=O) groups excluding carboxylic acids is 1. The van der Waals surface area contributed by atoms with E-state index < -0.39 is 6.10 Å². The van der Waals surface area contributed by atoms with E-state index in [4.69, 9.17) is 5.73 Å². The maximum atomic E-state index is 12.2. The van der Waals surface area contributed by atoms with E-state index in [9.17, 15) is 9.90 Å². The Morgan fingerprint density at radius 1 is 1.54 bits per heavy atom. The number of rotatable bonds is 4. The van der Waals surface area contributed by atoms with Gasteiger partial charge in [-0.05, 0) is 25.5 Å². The number of nitrogens with one attached hydrogen (secondary N) is 1. The highest BCUT2D eigenvalue weighted by Crippen LogP contribution is 2.16. The number of aryl methyl sites for hydroxylation is 1. The minimum absolute atomic E-state index is 0.241. The van der Waals surface area contributed by atoms with Crippen LogP contribution < -0.4 is 11.1 Å². The zero-order valence-corrected chi connectivity index (χ0v) is 14.3. The lowest BCUT2D eigenvalue weighted by atomic mass is 10.0. The number of anilines is 1. The standard InChI is InChI=1S/C16H21N5O2S/c1-10-19-12(9-24-10)7-21-5-4-13(14(22)8-21)20-16(23)11-2-3-15(17)18-6-11/h2-3,6,9,13-14,22H,4-5,7-8H2,1H3,(H2,17,18)(H,20,23)/t13-,14-/m1/s1. The van der Waals surface area contributed by atoms with Crippen LogP contribution in [-0.4, -0.2) is 51.1 Å². The first-order chi connectivity index (χ1) is 11.5. The second-order valence-electron chi connectivity index (χ2n) is 6.00. The molecule has 0 bridgehead atoms. The summed E-state index contributed by atoms with van der Waals surface area (Å²) in [6.45, 7) is 4.03. The molecule has 1 saturated heterocycles. The molecule has 2 aromatic rings. The van der Waals surface area contributed by atoms with Crippen molar-refractivity contribution in [2.75, 3.05) is 18.8 Å². The number of nitrogens with zero attached hydrogens (tertiary/aromatic N) is 3. The van der Waals surface area contributed by atoms with Crippen molar-refractivity contribution < 1.29 is 9.90 Å². The fraction of sp³-hybridized carbons (Fsp3) is 0.438. The Labute approximate surface area is 144 Å². The molecular formula is C16H21N5O2S. The molecule has 8 heteroatoms. The van der Waals surface area contributed by atoms with Crippen molar-refractivity contribution in [1.29, 1.82) is 0 Å². The van der Waals surface area contributed by atoms with Crippen LogP contribution in [0.15, 0.2) is 23.7 Å². The van der Waals surface area contributed by atoms with E-state index >= 15 is 0 Å². The third-order valence-corrected chi connectivity index (χ3v) is 4.91. The molecular weight excluding hydrogens is 326 g/mol. The number of β-amino-alcohol motifs (C(OH)–C–C–N with tert-alkyl or cyclic N) is 1. The monoisotopic (exact) mass is 347 g/mol. The molecule has 4 N–H and O–H groups in total. The van der Waals surface area contributed by atoms with Gasteiger partial charge < -0.3 is 16.2 Å². The number of aromatic nitrogens is 2. The lowest BCUT2D eigenvalue weighted by molar-refractivity contribution is 0.0346. The number of nitrogens with two attached hydrogens (primary N) is 1. The van der Waals surface area contributed by atoms with Crippen LogP contribution >= 0.6 is 11.3 Å². The average molecular weight is 347 g/mol. The summed E-state index contributed by atoms with van der Waals surface area (Å²) in [5.41, 5.74) is 6.99. The van der Waals surface area contributed by atoms with Crippen LogP contribution in [0, 0.1) is 6.92 Å². The van der Waals surface area contributed by atoms with E-state index in [1.807, 2.05) is 12.3 Å². The van der Waals surface area contributed by atoms with Gasteiger partial charge >= 0.3 is 0 Å². The summed E-state index contributed by atoms with van der Waals surface area (Å²) in [6.07, 6.45) is 1.53. The molecule has 128 valence electrons. The number of thiazole rings is 1. The zero-order chi connectivity index (χ0) is 17.1. The summed E-state index contributed by atoms with van der Waals surface area (Å²) in [6, 6.07) is 2.96. The highest BCUT2D eigenvalue weighted by Gasteiger charge is 2.29. The van der Waals surface area contributed by atoms with Crippen LogP contribution in [-0.2, 0) is 6.54 Å². The number of pyridine rings is 1. The number of aliphatic hydroxyl groups is 1. The van der Waals surface area contributed by atoms with Crippen molar-refractivity contribution >= 4 is 23.1 Å². The third-order valence-electron chi connectivity index (χ3n) is 4.08. The predicted molar refractivity (Wildman–Crippen MR) is 92.7 cm³/mol. The summed E-state index contributed by atoms with van der Waals surface area (Å²) < 4.78 is 0. The van der Waals surface area contributed by atoms with Gasteiger partial charge in [0.1, 0.15) is 5.82 Å². The number of hydrogen-bond acceptors (Lipinski definition) is 7. The van der Waals surface area contributed by atoms with Crippen molar-refractivity contribution in [2.24, 2.45) is 0 Å². The zero-order valence-electron chi connectivity index (χ0n) is 13.5.